The van der Waals surface area contributed by atoms with E-state index in [4.69, 9.17) is 15.0 Å². The number of methoxy groups -OCH3 is 1. The van der Waals surface area contributed by atoms with E-state index in [2.05, 4.69) is 10.1 Å². The van der Waals surface area contributed by atoms with Crippen LogP contribution in [0.5, 0.6) is 11.5 Å². The van der Waals surface area contributed by atoms with Gasteiger partial charge in [0.05, 0.1) is 19.2 Å². The molecule has 0 aliphatic heterocycles. The van der Waals surface area contributed by atoms with Crippen LogP contribution in [0.1, 0.15) is 5.89 Å². The van der Waals surface area contributed by atoms with Gasteiger partial charge in [0.2, 0.25) is 11.7 Å². The Morgan fingerprint density at radius 3 is 2.88 bits per heavy atom. The summed E-state index contributed by atoms with van der Waals surface area (Å²) >= 11 is 0. The molecule has 1 aromatic carbocycles. The molecule has 0 fully saturated rings. The molecule has 0 radical (unpaired) electrons. The number of hydrogen-bond donors (Lipinski definition) is 2. The van der Waals surface area contributed by atoms with Gasteiger partial charge in [-0.3, -0.25) is 0 Å². The number of nitrogens with zero attached hydrogens (tertiary/aromatic N) is 2. The summed E-state index contributed by atoms with van der Waals surface area (Å²) in [5, 5.41) is 13.4. The Balaban J connectivity index is 2.52. The van der Waals surface area contributed by atoms with Gasteiger partial charge < -0.3 is 20.1 Å². The van der Waals surface area contributed by atoms with E-state index in [1.54, 1.807) is 0 Å². The zero-order valence-electron chi connectivity index (χ0n) is 8.98. The van der Waals surface area contributed by atoms with Crippen molar-refractivity contribution < 1.29 is 18.8 Å². The summed E-state index contributed by atoms with van der Waals surface area (Å²) in [6.45, 7) is 0.0894. The number of ether oxygens (including phenoxy) is 1. The van der Waals surface area contributed by atoms with E-state index in [-0.39, 0.29) is 35.3 Å². The molecule has 7 heteroatoms. The Labute approximate surface area is 95.8 Å². The van der Waals surface area contributed by atoms with E-state index >= 15 is 0 Å². The van der Waals surface area contributed by atoms with Gasteiger partial charge in [-0.25, -0.2) is 4.39 Å². The molecule has 0 amide bonds. The Kier molecular flexibility index (Phi) is 2.92. The first kappa shape index (κ1) is 11.3. The van der Waals surface area contributed by atoms with Gasteiger partial charge in [-0.1, -0.05) is 5.16 Å². The Morgan fingerprint density at radius 1 is 1.53 bits per heavy atom. The van der Waals surface area contributed by atoms with E-state index in [9.17, 15) is 9.50 Å². The van der Waals surface area contributed by atoms with Crippen molar-refractivity contribution in [1.82, 2.24) is 10.1 Å². The zero-order valence-corrected chi connectivity index (χ0v) is 8.98. The van der Waals surface area contributed by atoms with E-state index in [1.165, 1.54) is 13.2 Å². The second-order valence-corrected chi connectivity index (χ2v) is 3.19. The molecule has 0 aliphatic rings. The smallest absolute Gasteiger partial charge is 0.240 e. The topological polar surface area (TPSA) is 94.4 Å². The van der Waals surface area contributed by atoms with Gasteiger partial charge in [-0.05, 0) is 12.1 Å². The second-order valence-electron chi connectivity index (χ2n) is 3.19. The SMILES string of the molecule is COc1c(F)ccc(-c2noc(CN)n2)c1O. The highest BCUT2D eigenvalue weighted by Crippen LogP contribution is 2.37. The fourth-order valence-electron chi connectivity index (χ4n) is 1.37. The molecule has 0 unspecified atom stereocenters. The van der Waals surface area contributed by atoms with Crippen molar-refractivity contribution in [2.45, 2.75) is 6.54 Å². The van der Waals surface area contributed by atoms with Crippen LogP contribution in [-0.4, -0.2) is 22.4 Å². The fourth-order valence-corrected chi connectivity index (χ4v) is 1.37. The van der Waals surface area contributed by atoms with Crippen molar-refractivity contribution in [1.29, 1.82) is 0 Å². The first-order valence-corrected chi connectivity index (χ1v) is 4.75. The molecule has 0 atom stereocenters. The molecule has 2 rings (SSSR count). The monoisotopic (exact) mass is 239 g/mol. The predicted molar refractivity (Wildman–Crippen MR) is 55.8 cm³/mol. The highest BCUT2D eigenvalue weighted by Gasteiger charge is 2.18. The van der Waals surface area contributed by atoms with Gasteiger partial charge in [0, 0.05) is 0 Å². The van der Waals surface area contributed by atoms with Gasteiger partial charge >= 0.3 is 0 Å². The van der Waals surface area contributed by atoms with E-state index in [1.807, 2.05) is 0 Å². The van der Waals surface area contributed by atoms with Crippen molar-refractivity contribution in [3.05, 3.63) is 23.8 Å². The lowest BCUT2D eigenvalue weighted by Gasteiger charge is -2.06. The number of benzene rings is 1. The normalized spacial score (nSPS) is 10.5. The van der Waals surface area contributed by atoms with Crippen LogP contribution in [0.25, 0.3) is 11.4 Å². The van der Waals surface area contributed by atoms with Crippen molar-refractivity contribution in [2.24, 2.45) is 5.73 Å². The molecule has 6 nitrogen and oxygen atoms in total. The third-order valence-corrected chi connectivity index (χ3v) is 2.17. The van der Waals surface area contributed by atoms with Crippen LogP contribution in [0.3, 0.4) is 0 Å². The molecule has 0 saturated carbocycles. The van der Waals surface area contributed by atoms with Crippen LogP contribution < -0.4 is 10.5 Å². The molecule has 2 aromatic rings. The average molecular weight is 239 g/mol. The summed E-state index contributed by atoms with van der Waals surface area (Å²) in [4.78, 5) is 3.92. The lowest BCUT2D eigenvalue weighted by atomic mass is 10.1. The third-order valence-electron chi connectivity index (χ3n) is 2.17. The maximum atomic E-state index is 13.2. The highest BCUT2D eigenvalue weighted by molar-refractivity contribution is 5.68. The predicted octanol–water partition coefficient (Wildman–Crippen LogP) is 1.05. The van der Waals surface area contributed by atoms with Gasteiger partial charge in [0.25, 0.3) is 0 Å². The van der Waals surface area contributed by atoms with Crippen LogP contribution in [0.4, 0.5) is 4.39 Å². The number of halogens is 1. The van der Waals surface area contributed by atoms with E-state index < -0.39 is 5.82 Å². The fraction of sp³-hybridized carbons (Fsp3) is 0.200. The lowest BCUT2D eigenvalue weighted by Crippen LogP contribution is -1.96. The molecule has 1 aromatic heterocycles. The molecule has 90 valence electrons. The maximum absolute atomic E-state index is 13.2. The Bertz CT molecular complexity index is 542. The summed E-state index contributed by atoms with van der Waals surface area (Å²) in [6.07, 6.45) is 0. The van der Waals surface area contributed by atoms with Crippen LogP contribution in [-0.2, 0) is 6.54 Å². The number of phenols is 1. The minimum absolute atomic E-state index is 0.0894. The number of nitrogens with two attached hydrogens (primary N) is 1. The summed E-state index contributed by atoms with van der Waals surface area (Å²) in [5.41, 5.74) is 5.53. The average Bonchev–Trinajstić information content (AvgIpc) is 2.78. The molecule has 0 saturated heterocycles. The Hall–Kier alpha value is -2.15. The largest absolute Gasteiger partial charge is 0.504 e. The van der Waals surface area contributed by atoms with Crippen molar-refractivity contribution in [3.63, 3.8) is 0 Å². The van der Waals surface area contributed by atoms with E-state index in [0.29, 0.717) is 0 Å². The summed E-state index contributed by atoms with van der Waals surface area (Å²) in [5.74, 6) is -0.960. The van der Waals surface area contributed by atoms with Crippen molar-refractivity contribution >= 4 is 0 Å². The molecule has 3 N–H and O–H groups in total. The van der Waals surface area contributed by atoms with Crippen LogP contribution in [0.2, 0.25) is 0 Å². The minimum atomic E-state index is -0.670. The molecule has 0 bridgehead atoms. The number of aromatic hydroxyl groups is 1. The van der Waals surface area contributed by atoms with Crippen molar-refractivity contribution in [2.75, 3.05) is 7.11 Å². The summed E-state index contributed by atoms with van der Waals surface area (Å²) in [6, 6.07) is 2.48. The molecule has 17 heavy (non-hydrogen) atoms. The summed E-state index contributed by atoms with van der Waals surface area (Å²) in [7, 11) is 1.25. The minimum Gasteiger partial charge on any atom is -0.504 e. The quantitative estimate of drug-likeness (QED) is 0.831. The lowest BCUT2D eigenvalue weighted by molar-refractivity contribution is 0.351. The van der Waals surface area contributed by atoms with Crippen LogP contribution in [0, 0.1) is 5.82 Å². The zero-order chi connectivity index (χ0) is 12.4. The molecular weight excluding hydrogens is 229 g/mol. The van der Waals surface area contributed by atoms with Crippen molar-refractivity contribution in [3.8, 4) is 22.9 Å². The van der Waals surface area contributed by atoms with Gasteiger partial charge in [-0.15, -0.1) is 0 Å². The van der Waals surface area contributed by atoms with Crippen LogP contribution in [0.15, 0.2) is 16.7 Å². The number of aromatic nitrogens is 2. The number of phenolic OH excluding ortho intramolecular Hbond substituents is 1. The molecular formula is C10H10FN3O3. The summed E-state index contributed by atoms with van der Waals surface area (Å²) < 4.78 is 22.8. The highest BCUT2D eigenvalue weighted by atomic mass is 19.1. The second kappa shape index (κ2) is 4.38. The van der Waals surface area contributed by atoms with Gasteiger partial charge in [-0.2, -0.15) is 4.98 Å². The van der Waals surface area contributed by atoms with Gasteiger partial charge in [0.1, 0.15) is 0 Å². The Morgan fingerprint density at radius 2 is 2.29 bits per heavy atom. The molecule has 1 heterocycles. The van der Waals surface area contributed by atoms with E-state index in [0.717, 1.165) is 6.07 Å². The van der Waals surface area contributed by atoms with Gasteiger partial charge in [0.15, 0.2) is 17.3 Å². The van der Waals surface area contributed by atoms with Crippen LogP contribution >= 0.6 is 0 Å². The first-order chi connectivity index (χ1) is 8.17. The standard InChI is InChI=1S/C10H10FN3O3/c1-16-9-6(11)3-2-5(8(9)15)10-13-7(4-12)17-14-10/h2-3,15H,4,12H2,1H3. The first-order valence-electron chi connectivity index (χ1n) is 4.75. The molecule has 0 spiro atoms. The third kappa shape index (κ3) is 1.92. The number of rotatable bonds is 3. The molecule has 0 aliphatic carbocycles. The maximum Gasteiger partial charge on any atom is 0.240 e. The number of hydrogen-bond acceptors (Lipinski definition) is 6.